The lowest BCUT2D eigenvalue weighted by Gasteiger charge is -2.07. The highest BCUT2D eigenvalue weighted by molar-refractivity contribution is 4.85. The van der Waals surface area contributed by atoms with Crippen LogP contribution in [0, 0.1) is 18.8 Å². The Balaban J connectivity index is 3.44. The van der Waals surface area contributed by atoms with Gasteiger partial charge in [-0.2, -0.15) is 0 Å². The summed E-state index contributed by atoms with van der Waals surface area (Å²) in [7, 11) is 0. The first-order valence-corrected chi connectivity index (χ1v) is 5.18. The van der Waals surface area contributed by atoms with Crippen LogP contribution in [0.15, 0.2) is 12.2 Å². The maximum atomic E-state index is 3.94. The highest BCUT2D eigenvalue weighted by atomic mass is 14.0. The molecule has 0 aromatic heterocycles. The lowest BCUT2D eigenvalue weighted by molar-refractivity contribution is 0.499. The lowest BCUT2D eigenvalue weighted by atomic mass is 9.99. The molecule has 0 saturated heterocycles. The van der Waals surface area contributed by atoms with Crippen molar-refractivity contribution in [1.82, 2.24) is 0 Å². The second-order valence-electron chi connectivity index (χ2n) is 3.73. The van der Waals surface area contributed by atoms with Crippen molar-refractivity contribution in [2.24, 2.45) is 11.8 Å². The Morgan fingerprint density at radius 2 is 1.58 bits per heavy atom. The summed E-state index contributed by atoms with van der Waals surface area (Å²) in [5, 5.41) is 0. The number of rotatable bonds is 6. The zero-order chi connectivity index (χ0) is 9.40. The SMILES string of the molecule is [CH2]C(C)CC=CCC(CC)CC. The van der Waals surface area contributed by atoms with Gasteiger partial charge in [-0.1, -0.05) is 52.7 Å². The van der Waals surface area contributed by atoms with Crippen molar-refractivity contribution < 1.29 is 0 Å². The van der Waals surface area contributed by atoms with E-state index in [1.807, 2.05) is 0 Å². The molecule has 0 aliphatic heterocycles. The van der Waals surface area contributed by atoms with E-state index in [9.17, 15) is 0 Å². The molecule has 1 radical (unpaired) electrons. The summed E-state index contributed by atoms with van der Waals surface area (Å²) in [5.41, 5.74) is 0. The van der Waals surface area contributed by atoms with Gasteiger partial charge in [-0.15, -0.1) is 0 Å². The number of hydrogen-bond acceptors (Lipinski definition) is 0. The standard InChI is InChI=1S/C12H23/c1-5-12(6-2)10-8-7-9-11(3)4/h7-8,11-12H,3,5-6,9-10H2,1-2,4H3. The minimum absolute atomic E-state index is 0.558. The Kier molecular flexibility index (Phi) is 7.23. The maximum Gasteiger partial charge on any atom is -0.0322 e. The topological polar surface area (TPSA) is 0 Å². The molecule has 0 aliphatic carbocycles. The van der Waals surface area contributed by atoms with Crippen molar-refractivity contribution in [1.29, 1.82) is 0 Å². The van der Waals surface area contributed by atoms with Gasteiger partial charge in [0.15, 0.2) is 0 Å². The molecule has 1 unspecified atom stereocenters. The van der Waals surface area contributed by atoms with Gasteiger partial charge in [0.25, 0.3) is 0 Å². The van der Waals surface area contributed by atoms with E-state index in [0.717, 1.165) is 12.3 Å². The zero-order valence-corrected chi connectivity index (χ0v) is 8.84. The normalized spacial score (nSPS) is 12.2. The molecule has 12 heavy (non-hydrogen) atoms. The second kappa shape index (κ2) is 7.39. The van der Waals surface area contributed by atoms with Crippen molar-refractivity contribution in [3.63, 3.8) is 0 Å². The molecule has 0 bridgehead atoms. The van der Waals surface area contributed by atoms with E-state index in [0.29, 0.717) is 5.92 Å². The summed E-state index contributed by atoms with van der Waals surface area (Å²) in [6.45, 7) is 10.6. The molecule has 0 aromatic carbocycles. The Morgan fingerprint density at radius 3 is 2.00 bits per heavy atom. The first-order chi connectivity index (χ1) is 5.70. The summed E-state index contributed by atoms with van der Waals surface area (Å²) in [6, 6.07) is 0. The molecule has 0 aliphatic rings. The molecule has 71 valence electrons. The van der Waals surface area contributed by atoms with Gasteiger partial charge in [-0.05, 0) is 24.7 Å². The van der Waals surface area contributed by atoms with Gasteiger partial charge in [0, 0.05) is 0 Å². The Hall–Kier alpha value is -0.260. The first-order valence-electron chi connectivity index (χ1n) is 5.18. The zero-order valence-electron chi connectivity index (χ0n) is 8.84. The van der Waals surface area contributed by atoms with Gasteiger partial charge in [-0.3, -0.25) is 0 Å². The van der Waals surface area contributed by atoms with Gasteiger partial charge >= 0.3 is 0 Å². The van der Waals surface area contributed by atoms with Crippen LogP contribution in [0.2, 0.25) is 0 Å². The van der Waals surface area contributed by atoms with Crippen molar-refractivity contribution in [2.75, 3.05) is 0 Å². The third-order valence-corrected chi connectivity index (χ3v) is 2.33. The molecule has 0 rings (SSSR count). The van der Waals surface area contributed by atoms with Crippen LogP contribution in [0.25, 0.3) is 0 Å². The van der Waals surface area contributed by atoms with E-state index in [4.69, 9.17) is 0 Å². The van der Waals surface area contributed by atoms with Crippen LogP contribution in [-0.4, -0.2) is 0 Å². The minimum atomic E-state index is 0.558. The van der Waals surface area contributed by atoms with E-state index >= 15 is 0 Å². The highest BCUT2D eigenvalue weighted by Crippen LogP contribution is 2.13. The van der Waals surface area contributed by atoms with E-state index in [1.54, 1.807) is 0 Å². The van der Waals surface area contributed by atoms with E-state index in [1.165, 1.54) is 19.3 Å². The van der Waals surface area contributed by atoms with E-state index in [2.05, 4.69) is 39.8 Å². The van der Waals surface area contributed by atoms with Gasteiger partial charge in [0.05, 0.1) is 0 Å². The molecule has 0 N–H and O–H groups in total. The average molecular weight is 167 g/mol. The average Bonchev–Trinajstić information content (AvgIpc) is 2.04. The Labute approximate surface area is 78.1 Å². The molecule has 1 atom stereocenters. The fourth-order valence-corrected chi connectivity index (χ4v) is 1.24. The fraction of sp³-hybridized carbons (Fsp3) is 0.750. The van der Waals surface area contributed by atoms with Crippen molar-refractivity contribution in [3.8, 4) is 0 Å². The van der Waals surface area contributed by atoms with E-state index in [-0.39, 0.29) is 0 Å². The van der Waals surface area contributed by atoms with Gasteiger partial charge < -0.3 is 0 Å². The monoisotopic (exact) mass is 167 g/mol. The summed E-state index contributed by atoms with van der Waals surface area (Å²) in [4.78, 5) is 0. The Morgan fingerprint density at radius 1 is 1.08 bits per heavy atom. The van der Waals surface area contributed by atoms with Gasteiger partial charge in [-0.25, -0.2) is 0 Å². The highest BCUT2D eigenvalue weighted by Gasteiger charge is 1.98. The second-order valence-corrected chi connectivity index (χ2v) is 3.73. The van der Waals surface area contributed by atoms with Crippen LogP contribution in [0.3, 0.4) is 0 Å². The first kappa shape index (κ1) is 11.7. The van der Waals surface area contributed by atoms with Crippen LogP contribution in [0.5, 0.6) is 0 Å². The van der Waals surface area contributed by atoms with Crippen LogP contribution in [0.1, 0.15) is 46.5 Å². The van der Waals surface area contributed by atoms with Crippen molar-refractivity contribution >= 4 is 0 Å². The molecule has 0 nitrogen and oxygen atoms in total. The van der Waals surface area contributed by atoms with Crippen LogP contribution in [-0.2, 0) is 0 Å². The predicted molar refractivity (Wildman–Crippen MR) is 57.0 cm³/mol. The lowest BCUT2D eigenvalue weighted by Crippen LogP contribution is -1.93. The maximum absolute atomic E-state index is 3.94. The largest absolute Gasteiger partial charge is 0.0883 e. The Bertz CT molecular complexity index is 107. The third kappa shape index (κ3) is 6.45. The van der Waals surface area contributed by atoms with E-state index < -0.39 is 0 Å². The molecule has 0 heterocycles. The molecule has 0 saturated carbocycles. The quantitative estimate of drug-likeness (QED) is 0.519. The molecule has 0 heteroatoms. The van der Waals surface area contributed by atoms with Crippen LogP contribution in [0.4, 0.5) is 0 Å². The smallest absolute Gasteiger partial charge is 0.0322 e. The number of hydrogen-bond donors (Lipinski definition) is 0. The summed E-state index contributed by atoms with van der Waals surface area (Å²) >= 11 is 0. The molecular weight excluding hydrogens is 144 g/mol. The van der Waals surface area contributed by atoms with Crippen molar-refractivity contribution in [3.05, 3.63) is 19.1 Å². The number of allylic oxidation sites excluding steroid dienone is 2. The summed E-state index contributed by atoms with van der Waals surface area (Å²) in [5.74, 6) is 1.45. The predicted octanol–water partition coefficient (Wildman–Crippen LogP) is 4.23. The van der Waals surface area contributed by atoms with Crippen LogP contribution >= 0.6 is 0 Å². The third-order valence-electron chi connectivity index (χ3n) is 2.33. The van der Waals surface area contributed by atoms with Crippen molar-refractivity contribution in [2.45, 2.75) is 46.5 Å². The molecule has 0 fully saturated rings. The van der Waals surface area contributed by atoms with Crippen LogP contribution < -0.4 is 0 Å². The molecule has 0 spiro atoms. The van der Waals surface area contributed by atoms with Gasteiger partial charge in [0.1, 0.15) is 0 Å². The molecular formula is C12H23. The summed E-state index contributed by atoms with van der Waals surface area (Å²) < 4.78 is 0. The van der Waals surface area contributed by atoms with Gasteiger partial charge in [0.2, 0.25) is 0 Å². The summed E-state index contributed by atoms with van der Waals surface area (Å²) in [6.07, 6.45) is 9.58. The molecule has 0 amide bonds. The minimum Gasteiger partial charge on any atom is -0.0883 e. The fourth-order valence-electron chi connectivity index (χ4n) is 1.24. The molecule has 0 aromatic rings.